The second-order valence-corrected chi connectivity index (χ2v) is 13.8. The maximum absolute atomic E-state index is 14.8. The standard InChI is InChI=1S/C42H42N6O4.ClH/c1-28-38(42(51)48(32-12-14-35(49)15-13-32)33-23-30-16-17-44(2)40(30)43-25-33)24-39(45(28)3)36-10-6-7-11-37(36)41(50)47-26-31-9-5-4-8-29(31)22-34(47)27-46-18-20-52-21-19-46;/h4-17,23-25,34,49H,18-22,26-27H2,1-3H3;1H/t34-;/m0./s1. The lowest BCUT2D eigenvalue weighted by Gasteiger charge is -2.40. The number of hydrogen-bond donors (Lipinski definition) is 1. The molecule has 2 amide bonds. The highest BCUT2D eigenvalue weighted by Crippen LogP contribution is 2.35. The number of aromatic nitrogens is 3. The first-order valence-corrected chi connectivity index (χ1v) is 17.7. The number of aromatic hydroxyl groups is 1. The van der Waals surface area contributed by atoms with Crippen molar-refractivity contribution in [1.82, 2.24) is 23.9 Å². The van der Waals surface area contributed by atoms with E-state index in [1.807, 2.05) is 89.8 Å². The monoisotopic (exact) mass is 730 g/mol. The SMILES string of the molecule is Cc1c(C(=O)N(c2ccc(O)cc2)c2cnc3c(ccn3C)c2)cc(-c2ccccc2C(=O)N2Cc3ccccc3C[C@H]2CN2CCOCC2)n1C.Cl. The lowest BCUT2D eigenvalue weighted by molar-refractivity contribution is 0.0193. The van der Waals surface area contributed by atoms with E-state index in [4.69, 9.17) is 4.74 Å². The van der Waals surface area contributed by atoms with E-state index >= 15 is 0 Å². The fourth-order valence-corrected chi connectivity index (χ4v) is 7.66. The van der Waals surface area contributed by atoms with Crippen molar-refractivity contribution in [3.05, 3.63) is 131 Å². The Morgan fingerprint density at radius 2 is 1.60 bits per heavy atom. The highest BCUT2D eigenvalue weighted by atomic mass is 35.5. The Hall–Kier alpha value is -5.42. The van der Waals surface area contributed by atoms with Gasteiger partial charge in [0.15, 0.2) is 0 Å². The molecular weight excluding hydrogens is 688 g/mol. The lowest BCUT2D eigenvalue weighted by atomic mass is 9.92. The van der Waals surface area contributed by atoms with Crippen LogP contribution < -0.4 is 4.90 Å². The minimum Gasteiger partial charge on any atom is -0.508 e. The number of fused-ring (bicyclic) bond motifs is 2. The number of nitrogens with zero attached hydrogens (tertiary/aromatic N) is 6. The van der Waals surface area contributed by atoms with Crippen molar-refractivity contribution < 1.29 is 19.4 Å². The first kappa shape index (κ1) is 36.0. The fourth-order valence-electron chi connectivity index (χ4n) is 7.66. The zero-order valence-electron chi connectivity index (χ0n) is 30.1. The zero-order valence-corrected chi connectivity index (χ0v) is 30.9. The molecule has 8 rings (SSSR count). The maximum atomic E-state index is 14.8. The highest BCUT2D eigenvalue weighted by Gasteiger charge is 2.34. The van der Waals surface area contributed by atoms with Gasteiger partial charge in [0.25, 0.3) is 11.8 Å². The Morgan fingerprint density at radius 3 is 2.38 bits per heavy atom. The number of ether oxygens (including phenoxy) is 1. The number of rotatable bonds is 7. The van der Waals surface area contributed by atoms with Gasteiger partial charge in [-0.05, 0) is 73.0 Å². The third-order valence-electron chi connectivity index (χ3n) is 10.6. The van der Waals surface area contributed by atoms with Crippen LogP contribution in [0.4, 0.5) is 11.4 Å². The normalized spacial score (nSPS) is 15.9. The van der Waals surface area contributed by atoms with Crippen LogP contribution in [0, 0.1) is 6.92 Å². The Bertz CT molecular complexity index is 2290. The molecule has 1 saturated heterocycles. The van der Waals surface area contributed by atoms with Gasteiger partial charge in [0.05, 0.1) is 30.7 Å². The smallest absolute Gasteiger partial charge is 0.264 e. The molecule has 1 atom stereocenters. The summed E-state index contributed by atoms with van der Waals surface area (Å²) < 4.78 is 9.54. The second kappa shape index (κ2) is 14.9. The number of aryl methyl sites for hydroxylation is 1. The Morgan fingerprint density at radius 1 is 0.887 bits per heavy atom. The molecule has 1 N–H and O–H groups in total. The van der Waals surface area contributed by atoms with Crippen LogP contribution in [0.2, 0.25) is 0 Å². The third kappa shape index (κ3) is 6.81. The Kier molecular flexibility index (Phi) is 10.1. The summed E-state index contributed by atoms with van der Waals surface area (Å²) in [4.78, 5) is 40.2. The third-order valence-corrected chi connectivity index (χ3v) is 10.6. The number of phenolic OH excluding ortho intramolecular Hbond substituents is 1. The molecule has 5 heterocycles. The molecular formula is C42H43ClN6O4. The van der Waals surface area contributed by atoms with E-state index < -0.39 is 0 Å². The van der Waals surface area contributed by atoms with Crippen LogP contribution in [-0.2, 0) is 31.8 Å². The molecule has 0 spiro atoms. The number of pyridine rings is 1. The largest absolute Gasteiger partial charge is 0.508 e. The van der Waals surface area contributed by atoms with Gasteiger partial charge >= 0.3 is 0 Å². The highest BCUT2D eigenvalue weighted by molar-refractivity contribution is 6.13. The lowest BCUT2D eigenvalue weighted by Crippen LogP contribution is -2.52. The van der Waals surface area contributed by atoms with Crippen molar-refractivity contribution in [2.24, 2.45) is 14.1 Å². The van der Waals surface area contributed by atoms with Gasteiger partial charge in [-0.1, -0.05) is 42.5 Å². The minimum absolute atomic E-state index is 0. The summed E-state index contributed by atoms with van der Waals surface area (Å²) in [5, 5.41) is 11.0. The summed E-state index contributed by atoms with van der Waals surface area (Å²) in [5.74, 6) is -0.163. The van der Waals surface area contributed by atoms with E-state index in [1.54, 1.807) is 35.4 Å². The minimum atomic E-state index is -0.246. The Balaban J connectivity index is 0.00000435. The van der Waals surface area contributed by atoms with Gasteiger partial charge in [-0.2, -0.15) is 0 Å². The number of amides is 2. The van der Waals surface area contributed by atoms with E-state index in [-0.39, 0.29) is 36.0 Å². The van der Waals surface area contributed by atoms with Crippen LogP contribution in [0.15, 0.2) is 103 Å². The summed E-state index contributed by atoms with van der Waals surface area (Å²) in [5.41, 5.74) is 7.87. The average Bonchev–Trinajstić information content (AvgIpc) is 3.69. The number of benzene rings is 3. The number of halogens is 1. The van der Waals surface area contributed by atoms with Gasteiger partial charge in [-0.3, -0.25) is 19.4 Å². The molecule has 1 fully saturated rings. The molecule has 53 heavy (non-hydrogen) atoms. The van der Waals surface area contributed by atoms with Crippen LogP contribution in [0.5, 0.6) is 5.75 Å². The number of anilines is 2. The summed E-state index contributed by atoms with van der Waals surface area (Å²) in [6.45, 7) is 6.36. The van der Waals surface area contributed by atoms with Crippen molar-refractivity contribution in [1.29, 1.82) is 0 Å². The van der Waals surface area contributed by atoms with E-state index in [9.17, 15) is 14.7 Å². The van der Waals surface area contributed by atoms with Crippen molar-refractivity contribution in [3.63, 3.8) is 0 Å². The van der Waals surface area contributed by atoms with Gasteiger partial charge in [0, 0.05) is 86.1 Å². The Labute approximate surface area is 315 Å². The molecule has 0 aliphatic carbocycles. The topological polar surface area (TPSA) is 96.1 Å². The molecule has 2 aliphatic rings. The molecule has 272 valence electrons. The molecule has 2 aliphatic heterocycles. The molecule has 3 aromatic heterocycles. The zero-order chi connectivity index (χ0) is 35.9. The number of phenols is 1. The molecule has 6 aromatic rings. The number of carbonyl (C=O) groups is 2. The predicted octanol–water partition coefficient (Wildman–Crippen LogP) is 6.89. The summed E-state index contributed by atoms with van der Waals surface area (Å²) in [6.07, 6.45) is 4.43. The van der Waals surface area contributed by atoms with Gasteiger partial charge in [0.1, 0.15) is 11.4 Å². The van der Waals surface area contributed by atoms with Gasteiger partial charge in [-0.25, -0.2) is 4.98 Å². The summed E-state index contributed by atoms with van der Waals surface area (Å²) in [6, 6.07) is 28.5. The first-order chi connectivity index (χ1) is 25.3. The average molecular weight is 731 g/mol. The molecule has 0 radical (unpaired) electrons. The van der Waals surface area contributed by atoms with Crippen molar-refractivity contribution in [2.75, 3.05) is 37.7 Å². The van der Waals surface area contributed by atoms with Gasteiger partial charge in [0.2, 0.25) is 0 Å². The first-order valence-electron chi connectivity index (χ1n) is 17.7. The van der Waals surface area contributed by atoms with E-state index in [0.29, 0.717) is 42.3 Å². The van der Waals surface area contributed by atoms with Gasteiger partial charge < -0.3 is 23.9 Å². The van der Waals surface area contributed by atoms with Crippen molar-refractivity contribution >= 4 is 46.6 Å². The molecule has 0 saturated carbocycles. The summed E-state index contributed by atoms with van der Waals surface area (Å²) >= 11 is 0. The molecule has 10 nitrogen and oxygen atoms in total. The number of morpholine rings is 1. The van der Waals surface area contributed by atoms with Crippen LogP contribution in [0.25, 0.3) is 22.3 Å². The molecule has 0 unspecified atom stereocenters. The predicted molar refractivity (Wildman–Crippen MR) is 209 cm³/mol. The maximum Gasteiger partial charge on any atom is 0.264 e. The quantitative estimate of drug-likeness (QED) is 0.192. The van der Waals surface area contributed by atoms with Crippen LogP contribution in [0.1, 0.15) is 37.5 Å². The van der Waals surface area contributed by atoms with Crippen LogP contribution in [-0.4, -0.2) is 79.7 Å². The van der Waals surface area contributed by atoms with E-state index in [2.05, 4.69) is 28.1 Å². The molecule has 3 aromatic carbocycles. The fraction of sp³-hybridized carbons (Fsp3) is 0.262. The van der Waals surface area contributed by atoms with Crippen LogP contribution in [0.3, 0.4) is 0 Å². The van der Waals surface area contributed by atoms with E-state index in [0.717, 1.165) is 54.0 Å². The van der Waals surface area contributed by atoms with E-state index in [1.165, 1.54) is 11.1 Å². The van der Waals surface area contributed by atoms with Crippen LogP contribution >= 0.6 is 12.4 Å². The number of hydrogen-bond acceptors (Lipinski definition) is 6. The second-order valence-electron chi connectivity index (χ2n) is 13.8. The van der Waals surface area contributed by atoms with Crippen molar-refractivity contribution in [3.8, 4) is 17.0 Å². The molecule has 0 bridgehead atoms. The van der Waals surface area contributed by atoms with Crippen molar-refractivity contribution in [2.45, 2.75) is 25.9 Å². The number of carbonyl (C=O) groups excluding carboxylic acids is 2. The summed E-state index contributed by atoms with van der Waals surface area (Å²) in [7, 11) is 3.87. The van der Waals surface area contributed by atoms with Gasteiger partial charge in [-0.15, -0.1) is 12.4 Å². The molecule has 11 heteroatoms.